The van der Waals surface area contributed by atoms with Crippen LogP contribution in [-0.2, 0) is 28.6 Å². The van der Waals surface area contributed by atoms with Crippen LogP contribution in [-0.4, -0.2) is 88.3 Å². The SMILES string of the molecule is CC(COC(=O)C(C)(C)CI)(COC(=O)C(O)(C(F)(F)F)C(F)(F)F)COC(=O)C(O)(C(F)(F)F)C(F)(F)F. The van der Waals surface area contributed by atoms with Gasteiger partial charge in [0, 0.05) is 4.43 Å². The van der Waals surface area contributed by atoms with Crippen LogP contribution in [0.1, 0.15) is 20.8 Å². The van der Waals surface area contributed by atoms with Gasteiger partial charge in [0.15, 0.2) is 0 Å². The Hall–Kier alpha value is -1.78. The summed E-state index contributed by atoms with van der Waals surface area (Å²) < 4.78 is 167. The number of esters is 3. The Bertz CT molecular complexity index is 826. The van der Waals surface area contributed by atoms with E-state index in [0.29, 0.717) is 6.92 Å². The number of rotatable bonds is 10. The molecule has 0 radical (unpaired) electrons. The summed E-state index contributed by atoms with van der Waals surface area (Å²) in [5, 5.41) is 18.1. The Balaban J connectivity index is 6.23. The Labute approximate surface area is 224 Å². The standard InChI is InChI=1S/C18H19F12IO8/c1-11(2,4-31)8(32)37-5-12(3,6-38-9(33)13(35,15(19,20)21)16(22,23)24)7-39-10(34)14(36,17(25,26)27)18(28,29)30/h35-36H,4-7H2,1-3H3. The highest BCUT2D eigenvalue weighted by Gasteiger charge is 2.78. The molecule has 0 aromatic heterocycles. The quantitative estimate of drug-likeness (QED) is 0.115. The maximum atomic E-state index is 12.9. The fourth-order valence-electron chi connectivity index (χ4n) is 2.09. The van der Waals surface area contributed by atoms with E-state index in [1.165, 1.54) is 13.8 Å². The van der Waals surface area contributed by atoms with E-state index in [-0.39, 0.29) is 4.43 Å². The van der Waals surface area contributed by atoms with Crippen molar-refractivity contribution < 1.29 is 91.5 Å². The summed E-state index contributed by atoms with van der Waals surface area (Å²) in [5.41, 5.74) is -16.2. The molecule has 0 rings (SSSR count). The lowest BCUT2D eigenvalue weighted by Crippen LogP contribution is -2.63. The van der Waals surface area contributed by atoms with Crippen molar-refractivity contribution in [3.8, 4) is 0 Å². The van der Waals surface area contributed by atoms with Crippen LogP contribution in [0.25, 0.3) is 0 Å². The molecule has 0 fully saturated rings. The smallest absolute Gasteiger partial charge is 0.437 e. The summed E-state index contributed by atoms with van der Waals surface area (Å²) in [6.07, 6.45) is -26.9. The third-order valence-electron chi connectivity index (χ3n) is 4.77. The van der Waals surface area contributed by atoms with Crippen LogP contribution >= 0.6 is 22.6 Å². The minimum absolute atomic E-state index is 0.0265. The number of carbonyl (C=O) groups excluding carboxylic acids is 3. The minimum Gasteiger partial charge on any atom is -0.464 e. The van der Waals surface area contributed by atoms with Gasteiger partial charge in [0.1, 0.15) is 19.8 Å². The molecule has 0 unspecified atom stereocenters. The molecule has 0 saturated heterocycles. The van der Waals surface area contributed by atoms with E-state index in [4.69, 9.17) is 14.9 Å². The molecule has 0 aromatic rings. The fraction of sp³-hybridized carbons (Fsp3) is 0.833. The average Bonchev–Trinajstić information content (AvgIpc) is 2.75. The zero-order valence-electron chi connectivity index (χ0n) is 19.6. The molecule has 8 nitrogen and oxygen atoms in total. The first-order valence-electron chi connectivity index (χ1n) is 9.74. The van der Waals surface area contributed by atoms with Gasteiger partial charge in [0.05, 0.1) is 10.8 Å². The zero-order chi connectivity index (χ0) is 31.7. The molecule has 0 saturated carbocycles. The summed E-state index contributed by atoms with van der Waals surface area (Å²) in [6, 6.07) is 0. The molecule has 0 aliphatic heterocycles. The Morgan fingerprint density at radius 1 is 0.564 bits per heavy atom. The molecule has 2 N–H and O–H groups in total. The molecular weight excluding hydrogens is 699 g/mol. The number of hydrogen-bond acceptors (Lipinski definition) is 8. The van der Waals surface area contributed by atoms with E-state index in [0.717, 1.165) is 0 Å². The Morgan fingerprint density at radius 2 is 0.795 bits per heavy atom. The van der Waals surface area contributed by atoms with Gasteiger partial charge in [0.25, 0.3) is 0 Å². The van der Waals surface area contributed by atoms with Crippen molar-refractivity contribution in [3.05, 3.63) is 0 Å². The van der Waals surface area contributed by atoms with Crippen molar-refractivity contribution in [1.82, 2.24) is 0 Å². The summed E-state index contributed by atoms with van der Waals surface area (Å²) in [5.74, 6) is -8.02. The maximum Gasteiger partial charge on any atom is 0.437 e. The van der Waals surface area contributed by atoms with Crippen LogP contribution < -0.4 is 0 Å². The molecule has 0 heterocycles. The normalized spacial score (nSPS) is 14.6. The van der Waals surface area contributed by atoms with E-state index < -0.39 is 84.5 Å². The van der Waals surface area contributed by atoms with E-state index in [1.54, 1.807) is 22.6 Å². The largest absolute Gasteiger partial charge is 0.464 e. The molecule has 230 valence electrons. The van der Waals surface area contributed by atoms with Crippen molar-refractivity contribution in [1.29, 1.82) is 0 Å². The van der Waals surface area contributed by atoms with Crippen molar-refractivity contribution in [2.75, 3.05) is 24.2 Å². The molecule has 0 spiro atoms. The van der Waals surface area contributed by atoms with Gasteiger partial charge in [-0.2, -0.15) is 52.7 Å². The highest BCUT2D eigenvalue weighted by Crippen LogP contribution is 2.45. The second kappa shape index (κ2) is 11.6. The van der Waals surface area contributed by atoms with Crippen molar-refractivity contribution >= 4 is 40.5 Å². The van der Waals surface area contributed by atoms with E-state index in [2.05, 4.69) is 9.47 Å². The maximum absolute atomic E-state index is 12.9. The summed E-state index contributed by atoms with van der Waals surface area (Å²) >= 11 is 1.68. The minimum atomic E-state index is -6.72. The monoisotopic (exact) mass is 718 g/mol. The predicted octanol–water partition coefficient (Wildman–Crippen LogP) is 3.79. The highest BCUT2D eigenvalue weighted by atomic mass is 127. The molecule has 0 aliphatic rings. The zero-order valence-corrected chi connectivity index (χ0v) is 21.7. The second-order valence-corrected chi connectivity index (χ2v) is 9.73. The van der Waals surface area contributed by atoms with Crippen LogP contribution in [0.3, 0.4) is 0 Å². The van der Waals surface area contributed by atoms with Crippen molar-refractivity contribution in [2.45, 2.75) is 56.7 Å². The van der Waals surface area contributed by atoms with Gasteiger partial charge in [-0.25, -0.2) is 9.59 Å². The van der Waals surface area contributed by atoms with E-state index in [9.17, 15) is 67.1 Å². The number of hydrogen-bond donors (Lipinski definition) is 2. The van der Waals surface area contributed by atoms with Gasteiger partial charge in [-0.15, -0.1) is 0 Å². The first-order chi connectivity index (χ1) is 16.9. The van der Waals surface area contributed by atoms with Crippen LogP contribution in [0.15, 0.2) is 0 Å². The van der Waals surface area contributed by atoms with Gasteiger partial charge in [-0.05, 0) is 20.8 Å². The van der Waals surface area contributed by atoms with Gasteiger partial charge < -0.3 is 24.4 Å². The van der Waals surface area contributed by atoms with Crippen LogP contribution in [0, 0.1) is 10.8 Å². The average molecular weight is 718 g/mol. The van der Waals surface area contributed by atoms with E-state index in [1.807, 2.05) is 0 Å². The first-order valence-corrected chi connectivity index (χ1v) is 11.3. The molecule has 0 aliphatic carbocycles. The number of aliphatic hydroxyl groups is 2. The lowest BCUT2D eigenvalue weighted by Gasteiger charge is -2.34. The number of alkyl halides is 13. The van der Waals surface area contributed by atoms with Gasteiger partial charge in [-0.1, -0.05) is 22.6 Å². The number of carbonyl (C=O) groups is 3. The van der Waals surface area contributed by atoms with E-state index >= 15 is 0 Å². The summed E-state index contributed by atoms with van der Waals surface area (Å²) in [4.78, 5) is 35.4. The molecule has 0 amide bonds. The number of ether oxygens (including phenoxy) is 3. The second-order valence-electron chi connectivity index (χ2n) is 8.97. The topological polar surface area (TPSA) is 119 Å². The first kappa shape index (κ1) is 37.2. The fourth-order valence-corrected chi connectivity index (χ4v) is 2.40. The lowest BCUT2D eigenvalue weighted by atomic mass is 9.92. The van der Waals surface area contributed by atoms with Gasteiger partial charge in [-0.3, -0.25) is 4.79 Å². The molecule has 39 heavy (non-hydrogen) atoms. The molecule has 21 heteroatoms. The number of halogens is 13. The van der Waals surface area contributed by atoms with Gasteiger partial charge >= 0.3 is 53.8 Å². The van der Waals surface area contributed by atoms with Crippen molar-refractivity contribution in [3.63, 3.8) is 0 Å². The lowest BCUT2D eigenvalue weighted by molar-refractivity contribution is -0.357. The summed E-state index contributed by atoms with van der Waals surface area (Å²) in [7, 11) is 0. The predicted molar refractivity (Wildman–Crippen MR) is 108 cm³/mol. The highest BCUT2D eigenvalue weighted by molar-refractivity contribution is 14.1. The summed E-state index contributed by atoms with van der Waals surface area (Å²) in [6.45, 7) is -1.99. The molecule has 0 aromatic carbocycles. The Kier molecular flexibility index (Phi) is 11.1. The van der Waals surface area contributed by atoms with Crippen molar-refractivity contribution in [2.24, 2.45) is 10.8 Å². The third-order valence-corrected chi connectivity index (χ3v) is 6.68. The Morgan fingerprint density at radius 3 is 1.00 bits per heavy atom. The molecular formula is C18H19F12IO8. The molecule has 0 bridgehead atoms. The van der Waals surface area contributed by atoms with Crippen LogP contribution in [0.5, 0.6) is 0 Å². The van der Waals surface area contributed by atoms with Crippen LogP contribution in [0.4, 0.5) is 52.7 Å². The third kappa shape index (κ3) is 7.91. The van der Waals surface area contributed by atoms with Crippen LogP contribution in [0.2, 0.25) is 0 Å². The van der Waals surface area contributed by atoms with Gasteiger partial charge in [0.2, 0.25) is 0 Å². The molecule has 0 atom stereocenters.